The van der Waals surface area contributed by atoms with Gasteiger partial charge in [0.1, 0.15) is 6.61 Å². The summed E-state index contributed by atoms with van der Waals surface area (Å²) in [5.74, 6) is 1.41. The summed E-state index contributed by atoms with van der Waals surface area (Å²) >= 11 is 5.86. The van der Waals surface area contributed by atoms with E-state index in [-0.39, 0.29) is 0 Å². The SMILES string of the molecule is Clc1ccc(COc2cncc(N3CCNCC3)n2)cc1. The Labute approximate surface area is 128 Å². The molecule has 0 bridgehead atoms. The smallest absolute Gasteiger partial charge is 0.234 e. The molecule has 5 nitrogen and oxygen atoms in total. The molecule has 110 valence electrons. The third-order valence-corrected chi connectivity index (χ3v) is 3.59. The van der Waals surface area contributed by atoms with E-state index in [0.29, 0.717) is 12.5 Å². The van der Waals surface area contributed by atoms with Crippen LogP contribution in [-0.4, -0.2) is 36.1 Å². The summed E-state index contributed by atoms with van der Waals surface area (Å²) in [6, 6.07) is 7.58. The molecule has 6 heteroatoms. The van der Waals surface area contributed by atoms with Gasteiger partial charge in [0.05, 0.1) is 12.4 Å². The first-order valence-corrected chi connectivity index (χ1v) is 7.34. The predicted octanol–water partition coefficient (Wildman–Crippen LogP) is 2.12. The van der Waals surface area contributed by atoms with Crippen LogP contribution in [-0.2, 0) is 6.61 Å². The van der Waals surface area contributed by atoms with Crippen molar-refractivity contribution in [1.82, 2.24) is 15.3 Å². The molecular formula is C15H17ClN4O. The van der Waals surface area contributed by atoms with Crippen LogP contribution in [0, 0.1) is 0 Å². The van der Waals surface area contributed by atoms with E-state index in [1.807, 2.05) is 24.3 Å². The van der Waals surface area contributed by atoms with Gasteiger partial charge >= 0.3 is 0 Å². The van der Waals surface area contributed by atoms with Crippen molar-refractivity contribution in [1.29, 1.82) is 0 Å². The van der Waals surface area contributed by atoms with Crippen molar-refractivity contribution in [3.63, 3.8) is 0 Å². The van der Waals surface area contributed by atoms with Gasteiger partial charge < -0.3 is 15.0 Å². The van der Waals surface area contributed by atoms with Crippen LogP contribution in [0.1, 0.15) is 5.56 Å². The van der Waals surface area contributed by atoms with Gasteiger partial charge in [-0.15, -0.1) is 0 Å². The van der Waals surface area contributed by atoms with Crippen LogP contribution in [0.5, 0.6) is 5.88 Å². The summed E-state index contributed by atoms with van der Waals surface area (Å²) in [6.45, 7) is 4.27. The summed E-state index contributed by atoms with van der Waals surface area (Å²) in [5, 5.41) is 4.04. The molecule has 3 rings (SSSR count). The molecule has 0 unspecified atom stereocenters. The van der Waals surface area contributed by atoms with Crippen LogP contribution in [0.3, 0.4) is 0 Å². The summed E-state index contributed by atoms with van der Waals surface area (Å²) in [6.07, 6.45) is 3.42. The average Bonchev–Trinajstić information content (AvgIpc) is 2.55. The fourth-order valence-electron chi connectivity index (χ4n) is 2.19. The Morgan fingerprint density at radius 1 is 1.14 bits per heavy atom. The Morgan fingerprint density at radius 2 is 1.90 bits per heavy atom. The van der Waals surface area contributed by atoms with Crippen LogP contribution in [0.15, 0.2) is 36.7 Å². The van der Waals surface area contributed by atoms with Gasteiger partial charge in [0.2, 0.25) is 5.88 Å². The Bertz CT molecular complexity index is 584. The van der Waals surface area contributed by atoms with Gasteiger partial charge in [0, 0.05) is 31.2 Å². The molecule has 0 radical (unpaired) electrons. The number of nitrogens with one attached hydrogen (secondary N) is 1. The lowest BCUT2D eigenvalue weighted by molar-refractivity contribution is 0.292. The van der Waals surface area contributed by atoms with Gasteiger partial charge in [-0.25, -0.2) is 0 Å². The van der Waals surface area contributed by atoms with Gasteiger partial charge in [-0.05, 0) is 17.7 Å². The van der Waals surface area contributed by atoms with E-state index in [1.165, 1.54) is 0 Å². The van der Waals surface area contributed by atoms with Crippen molar-refractivity contribution in [3.8, 4) is 5.88 Å². The number of hydrogen-bond donors (Lipinski definition) is 1. The maximum absolute atomic E-state index is 5.86. The van der Waals surface area contributed by atoms with Crippen molar-refractivity contribution in [3.05, 3.63) is 47.2 Å². The van der Waals surface area contributed by atoms with Crippen LogP contribution >= 0.6 is 11.6 Å². The highest BCUT2D eigenvalue weighted by molar-refractivity contribution is 6.30. The third kappa shape index (κ3) is 3.83. The molecule has 1 fully saturated rings. The van der Waals surface area contributed by atoms with Gasteiger partial charge in [0.25, 0.3) is 0 Å². The normalized spacial score (nSPS) is 15.0. The second-order valence-corrected chi connectivity index (χ2v) is 5.30. The molecule has 1 aromatic carbocycles. The van der Waals surface area contributed by atoms with Crippen LogP contribution in [0.4, 0.5) is 5.82 Å². The number of piperazine rings is 1. The zero-order valence-corrected chi connectivity index (χ0v) is 12.4. The Balaban J connectivity index is 1.64. The molecule has 0 atom stereocenters. The number of aromatic nitrogens is 2. The quantitative estimate of drug-likeness (QED) is 0.937. The second kappa shape index (κ2) is 6.74. The molecule has 0 saturated carbocycles. The number of nitrogens with zero attached hydrogens (tertiary/aromatic N) is 3. The van der Waals surface area contributed by atoms with Crippen molar-refractivity contribution in [2.45, 2.75) is 6.61 Å². The number of ether oxygens (including phenoxy) is 1. The molecule has 1 saturated heterocycles. The van der Waals surface area contributed by atoms with Crippen molar-refractivity contribution >= 4 is 17.4 Å². The van der Waals surface area contributed by atoms with Crippen molar-refractivity contribution < 1.29 is 4.74 Å². The topological polar surface area (TPSA) is 50.3 Å². The molecule has 1 N–H and O–H groups in total. The van der Waals surface area contributed by atoms with Crippen LogP contribution in [0.2, 0.25) is 5.02 Å². The summed E-state index contributed by atoms with van der Waals surface area (Å²) in [7, 11) is 0. The molecule has 0 aliphatic carbocycles. The molecule has 2 heterocycles. The Morgan fingerprint density at radius 3 is 2.67 bits per heavy atom. The third-order valence-electron chi connectivity index (χ3n) is 3.34. The molecule has 1 aliphatic rings. The molecule has 21 heavy (non-hydrogen) atoms. The number of rotatable bonds is 4. The van der Waals surface area contributed by atoms with E-state index in [9.17, 15) is 0 Å². The van der Waals surface area contributed by atoms with Gasteiger partial charge in [-0.1, -0.05) is 23.7 Å². The van der Waals surface area contributed by atoms with E-state index in [4.69, 9.17) is 16.3 Å². The van der Waals surface area contributed by atoms with Crippen molar-refractivity contribution in [2.24, 2.45) is 0 Å². The van der Waals surface area contributed by atoms with E-state index >= 15 is 0 Å². The maximum atomic E-state index is 5.86. The van der Waals surface area contributed by atoms with Gasteiger partial charge in [-0.3, -0.25) is 4.98 Å². The highest BCUT2D eigenvalue weighted by Crippen LogP contribution is 2.16. The highest BCUT2D eigenvalue weighted by Gasteiger charge is 2.12. The predicted molar refractivity (Wildman–Crippen MR) is 82.9 cm³/mol. The van der Waals surface area contributed by atoms with E-state index in [2.05, 4.69) is 20.2 Å². The largest absolute Gasteiger partial charge is 0.472 e. The first-order chi connectivity index (χ1) is 10.3. The second-order valence-electron chi connectivity index (χ2n) is 4.87. The lowest BCUT2D eigenvalue weighted by Crippen LogP contribution is -2.43. The number of hydrogen-bond acceptors (Lipinski definition) is 5. The summed E-state index contributed by atoms with van der Waals surface area (Å²) in [5.41, 5.74) is 1.05. The number of benzene rings is 1. The van der Waals surface area contributed by atoms with Gasteiger partial charge in [-0.2, -0.15) is 4.98 Å². The number of anilines is 1. The van der Waals surface area contributed by atoms with E-state index < -0.39 is 0 Å². The Hall–Kier alpha value is -1.85. The molecule has 1 aromatic heterocycles. The lowest BCUT2D eigenvalue weighted by Gasteiger charge is -2.28. The van der Waals surface area contributed by atoms with Crippen molar-refractivity contribution in [2.75, 3.05) is 31.1 Å². The van der Waals surface area contributed by atoms with Crippen LogP contribution < -0.4 is 15.0 Å². The summed E-state index contributed by atoms with van der Waals surface area (Å²) in [4.78, 5) is 10.9. The van der Waals surface area contributed by atoms with Gasteiger partial charge in [0.15, 0.2) is 5.82 Å². The first kappa shape index (κ1) is 14.1. The minimum absolute atomic E-state index is 0.455. The standard InChI is InChI=1S/C15H17ClN4O/c16-13-3-1-12(2-4-13)11-21-15-10-18-9-14(19-15)20-7-5-17-6-8-20/h1-4,9-10,17H,5-8,11H2. The van der Waals surface area contributed by atoms with E-state index in [0.717, 1.165) is 42.6 Å². The lowest BCUT2D eigenvalue weighted by atomic mass is 10.2. The summed E-state index contributed by atoms with van der Waals surface area (Å²) < 4.78 is 5.70. The molecular weight excluding hydrogens is 288 g/mol. The fourth-order valence-corrected chi connectivity index (χ4v) is 2.32. The molecule has 0 spiro atoms. The van der Waals surface area contributed by atoms with Crippen LogP contribution in [0.25, 0.3) is 0 Å². The highest BCUT2D eigenvalue weighted by atomic mass is 35.5. The average molecular weight is 305 g/mol. The minimum Gasteiger partial charge on any atom is -0.472 e. The Kier molecular flexibility index (Phi) is 4.52. The monoisotopic (exact) mass is 304 g/mol. The number of halogens is 1. The molecule has 1 aliphatic heterocycles. The minimum atomic E-state index is 0.455. The maximum Gasteiger partial charge on any atom is 0.234 e. The zero-order valence-electron chi connectivity index (χ0n) is 11.6. The zero-order chi connectivity index (χ0) is 14.5. The van der Waals surface area contributed by atoms with E-state index in [1.54, 1.807) is 12.4 Å². The fraction of sp³-hybridized carbons (Fsp3) is 0.333. The molecule has 2 aromatic rings. The molecule has 0 amide bonds. The first-order valence-electron chi connectivity index (χ1n) is 6.96.